The molecule has 0 radical (unpaired) electrons. The van der Waals surface area contributed by atoms with Crippen molar-refractivity contribution in [1.82, 2.24) is 4.98 Å². The van der Waals surface area contributed by atoms with Crippen molar-refractivity contribution in [1.29, 1.82) is 0 Å². The number of carbonyl (C=O) groups is 2. The zero-order chi connectivity index (χ0) is 31.4. The van der Waals surface area contributed by atoms with Crippen LogP contribution in [-0.4, -0.2) is 29.2 Å². The van der Waals surface area contributed by atoms with Crippen LogP contribution in [0.1, 0.15) is 37.5 Å². The molecule has 0 atom stereocenters. The van der Waals surface area contributed by atoms with Crippen molar-refractivity contribution in [3.63, 3.8) is 0 Å². The highest BCUT2D eigenvalue weighted by atomic mass is 79.9. The average Bonchev–Trinajstić information content (AvgIpc) is 2.88. The highest BCUT2D eigenvalue weighted by Gasteiger charge is 2.73. The number of hydrogen-bond donors (Lipinski definition) is 1. The molecule has 1 N–H and O–H groups in total. The fraction of sp³-hybridized carbons (Fsp3) is 0.208. The maximum atomic E-state index is 15.4. The number of halogens is 12. The van der Waals surface area contributed by atoms with Crippen LogP contribution < -0.4 is 10.4 Å². The minimum atomic E-state index is -6.73. The quantitative estimate of drug-likeness (QED) is 0.288. The van der Waals surface area contributed by atoms with Gasteiger partial charge in [-0.2, -0.15) is 44.6 Å². The van der Waals surface area contributed by atoms with Gasteiger partial charge in [0.05, 0.1) is 28.1 Å². The summed E-state index contributed by atoms with van der Waals surface area (Å²) in [6, 6.07) is 4.48. The van der Waals surface area contributed by atoms with Crippen molar-refractivity contribution in [3.8, 4) is 0 Å². The van der Waals surface area contributed by atoms with Crippen molar-refractivity contribution in [2.45, 2.75) is 30.8 Å². The van der Waals surface area contributed by atoms with E-state index < -0.39 is 80.4 Å². The van der Waals surface area contributed by atoms with Crippen LogP contribution in [0.4, 0.5) is 59.7 Å². The Labute approximate surface area is 235 Å². The molecular formula is C24H11BrF11N3O3. The molecular weight excluding hydrogens is 667 g/mol. The van der Waals surface area contributed by atoms with Crippen LogP contribution in [0.15, 0.2) is 53.1 Å². The molecule has 1 aliphatic heterocycles. The van der Waals surface area contributed by atoms with Gasteiger partial charge in [-0.05, 0) is 52.3 Å². The number of pyridine rings is 1. The number of hydrogen-bond acceptors (Lipinski definition) is 4. The molecule has 4 rings (SSSR count). The number of amides is 2. The lowest BCUT2D eigenvalue weighted by molar-refractivity contribution is -0.348. The van der Waals surface area contributed by atoms with Gasteiger partial charge < -0.3 is 5.32 Å². The van der Waals surface area contributed by atoms with E-state index >= 15 is 4.39 Å². The number of nitrogens with one attached hydrogen (secondary N) is 1. The van der Waals surface area contributed by atoms with Gasteiger partial charge in [0.25, 0.3) is 11.8 Å². The van der Waals surface area contributed by atoms with E-state index in [-0.39, 0.29) is 23.9 Å². The molecule has 1 aliphatic rings. The number of alkyl halides is 10. The van der Waals surface area contributed by atoms with Gasteiger partial charge in [0.2, 0.25) is 0 Å². The Bertz CT molecular complexity index is 1560. The largest absolute Gasteiger partial charge is 0.435 e. The number of aromatic nitrogens is 1. The van der Waals surface area contributed by atoms with E-state index in [0.717, 1.165) is 18.2 Å². The Hall–Kier alpha value is -3.80. The molecule has 0 spiro atoms. The van der Waals surface area contributed by atoms with E-state index in [1.165, 1.54) is 18.3 Å². The molecule has 2 heterocycles. The standard InChI is InChI=1S/C24H11BrF11N3O3/c25-14-8-10(21(27,23(31,32)33)24(34,35)36)7-13(22(28,29)30)18(14)38-19(40)12-3-1-5-16(17(12)26)39-20(41)11-4-2-6-37-15(11)9-42-39/h1-8H,9H2,(H,38,40). The van der Waals surface area contributed by atoms with E-state index in [9.17, 15) is 53.5 Å². The third-order valence-corrected chi connectivity index (χ3v) is 6.52. The van der Waals surface area contributed by atoms with Crippen molar-refractivity contribution in [3.05, 3.63) is 86.9 Å². The molecule has 6 nitrogen and oxygen atoms in total. The predicted octanol–water partition coefficient (Wildman–Crippen LogP) is 7.64. The third-order valence-electron chi connectivity index (χ3n) is 5.89. The molecule has 18 heteroatoms. The predicted molar refractivity (Wildman–Crippen MR) is 124 cm³/mol. The Balaban J connectivity index is 1.76. The highest BCUT2D eigenvalue weighted by Crippen LogP contribution is 2.55. The second-order valence-corrected chi connectivity index (χ2v) is 9.35. The van der Waals surface area contributed by atoms with Gasteiger partial charge in [-0.25, -0.2) is 8.78 Å². The smallest absolute Gasteiger partial charge is 0.320 e. The summed E-state index contributed by atoms with van der Waals surface area (Å²) in [5, 5.41) is 2.03. The van der Waals surface area contributed by atoms with Crippen LogP contribution >= 0.6 is 15.9 Å². The number of nitrogens with zero attached hydrogens (tertiary/aromatic N) is 2. The SMILES string of the molecule is O=C(Nc1c(Br)cc(C(F)(C(F)(F)F)C(F)(F)F)cc1C(F)(F)F)c1cccc(N2OCc3ncccc3C2=O)c1F. The summed E-state index contributed by atoms with van der Waals surface area (Å²) in [6.07, 6.45) is -17.8. The van der Waals surface area contributed by atoms with Crippen molar-refractivity contribution in [2.75, 3.05) is 10.4 Å². The van der Waals surface area contributed by atoms with Gasteiger partial charge >= 0.3 is 24.2 Å². The molecule has 1 aromatic heterocycles. The molecule has 2 amide bonds. The summed E-state index contributed by atoms with van der Waals surface area (Å²) in [6.45, 7) is -0.308. The number of anilines is 2. The normalized spacial score (nSPS) is 14.6. The highest BCUT2D eigenvalue weighted by molar-refractivity contribution is 9.10. The molecule has 0 bridgehead atoms. The van der Waals surface area contributed by atoms with E-state index in [2.05, 4.69) is 20.9 Å². The first-order valence-electron chi connectivity index (χ1n) is 11.0. The number of hydroxylamine groups is 1. The first-order valence-corrected chi connectivity index (χ1v) is 11.8. The van der Waals surface area contributed by atoms with Crippen LogP contribution in [0, 0.1) is 5.82 Å². The Morgan fingerprint density at radius 1 is 0.952 bits per heavy atom. The van der Waals surface area contributed by atoms with Crippen LogP contribution in [0.5, 0.6) is 0 Å². The number of fused-ring (bicyclic) bond motifs is 1. The number of carbonyl (C=O) groups excluding carboxylic acids is 2. The maximum Gasteiger partial charge on any atom is 0.435 e. The molecule has 0 unspecified atom stereocenters. The number of rotatable bonds is 4. The molecule has 0 aliphatic carbocycles. The molecule has 224 valence electrons. The second kappa shape index (κ2) is 10.5. The van der Waals surface area contributed by atoms with Crippen LogP contribution in [-0.2, 0) is 23.3 Å². The van der Waals surface area contributed by atoms with Crippen LogP contribution in [0.3, 0.4) is 0 Å². The van der Waals surface area contributed by atoms with Crippen molar-refractivity contribution >= 4 is 39.1 Å². The number of benzene rings is 2. The summed E-state index contributed by atoms with van der Waals surface area (Å²) >= 11 is 2.35. The lowest BCUT2D eigenvalue weighted by atomic mass is 9.92. The first-order chi connectivity index (χ1) is 19.3. The average molecular weight is 678 g/mol. The van der Waals surface area contributed by atoms with Gasteiger partial charge in [0.1, 0.15) is 12.3 Å². The minimum Gasteiger partial charge on any atom is -0.320 e. The second-order valence-electron chi connectivity index (χ2n) is 8.50. The van der Waals surface area contributed by atoms with E-state index in [1.54, 1.807) is 5.32 Å². The van der Waals surface area contributed by atoms with Gasteiger partial charge in [0.15, 0.2) is 5.82 Å². The molecule has 0 saturated carbocycles. The monoisotopic (exact) mass is 677 g/mol. The van der Waals surface area contributed by atoms with Gasteiger partial charge in [0, 0.05) is 16.2 Å². The fourth-order valence-corrected chi connectivity index (χ4v) is 4.46. The maximum absolute atomic E-state index is 15.4. The zero-order valence-corrected chi connectivity index (χ0v) is 21.6. The van der Waals surface area contributed by atoms with Gasteiger partial charge in [-0.1, -0.05) is 6.07 Å². The van der Waals surface area contributed by atoms with E-state index in [0.29, 0.717) is 5.06 Å². The summed E-state index contributed by atoms with van der Waals surface area (Å²) < 4.78 is 149. The summed E-state index contributed by atoms with van der Waals surface area (Å²) in [4.78, 5) is 34.7. The fourth-order valence-electron chi connectivity index (χ4n) is 3.90. The van der Waals surface area contributed by atoms with Crippen LogP contribution in [0.2, 0.25) is 0 Å². The van der Waals surface area contributed by atoms with Crippen LogP contribution in [0.25, 0.3) is 0 Å². The Morgan fingerprint density at radius 2 is 1.60 bits per heavy atom. The lowest BCUT2D eigenvalue weighted by Gasteiger charge is -2.31. The zero-order valence-electron chi connectivity index (χ0n) is 20.0. The van der Waals surface area contributed by atoms with Crippen molar-refractivity contribution < 1.29 is 62.7 Å². The molecule has 0 saturated heterocycles. The molecule has 2 aromatic carbocycles. The van der Waals surface area contributed by atoms with E-state index in [4.69, 9.17) is 4.84 Å². The molecule has 3 aromatic rings. The molecule has 42 heavy (non-hydrogen) atoms. The topological polar surface area (TPSA) is 71.5 Å². The van der Waals surface area contributed by atoms with Gasteiger partial charge in [-0.15, -0.1) is 0 Å². The Kier molecular flexibility index (Phi) is 7.77. The lowest BCUT2D eigenvalue weighted by Crippen LogP contribution is -2.50. The summed E-state index contributed by atoms with van der Waals surface area (Å²) in [5.41, 5.74) is -13.9. The van der Waals surface area contributed by atoms with E-state index in [1.807, 2.05) is 0 Å². The minimum absolute atomic E-state index is 0.0125. The molecule has 0 fully saturated rings. The first kappa shape index (κ1) is 31.1. The van der Waals surface area contributed by atoms with Crippen molar-refractivity contribution in [2.24, 2.45) is 0 Å². The van der Waals surface area contributed by atoms with Gasteiger partial charge in [-0.3, -0.25) is 19.4 Å². The summed E-state index contributed by atoms with van der Waals surface area (Å²) in [5.74, 6) is -4.07. The summed E-state index contributed by atoms with van der Waals surface area (Å²) in [7, 11) is 0. The third kappa shape index (κ3) is 5.28. The Morgan fingerprint density at radius 3 is 2.19 bits per heavy atom.